The molecule has 0 saturated carbocycles. The van der Waals surface area contributed by atoms with E-state index in [0.29, 0.717) is 0 Å². The first-order valence-electron chi connectivity index (χ1n) is 13.4. The van der Waals surface area contributed by atoms with Crippen LogP contribution >= 0.6 is 0 Å². The first-order valence-corrected chi connectivity index (χ1v) is 13.4. The number of hydrogen-bond acceptors (Lipinski definition) is 1. The van der Waals surface area contributed by atoms with Crippen LogP contribution in [-0.4, -0.2) is 4.98 Å². The van der Waals surface area contributed by atoms with Gasteiger partial charge in [-0.15, -0.1) is 0 Å². The van der Waals surface area contributed by atoms with Crippen molar-refractivity contribution in [3.8, 4) is 0 Å². The fourth-order valence-corrected chi connectivity index (χ4v) is 5.44. The summed E-state index contributed by atoms with van der Waals surface area (Å²) in [5.41, 5.74) is 8.05. The predicted molar refractivity (Wildman–Crippen MR) is 150 cm³/mol. The van der Waals surface area contributed by atoms with Crippen molar-refractivity contribution >= 4 is 43.4 Å². The lowest BCUT2D eigenvalue weighted by Crippen LogP contribution is -1.95. The van der Waals surface area contributed by atoms with Gasteiger partial charge in [0.2, 0.25) is 0 Å². The monoisotopic (exact) mass is 447 g/mol. The molecular formula is C33H37N. The molecule has 0 radical (unpaired) electrons. The quantitative estimate of drug-likeness (QED) is 0.170. The molecule has 0 unspecified atom stereocenters. The normalized spacial score (nSPS) is 11.9. The zero-order chi connectivity index (χ0) is 23.7. The summed E-state index contributed by atoms with van der Waals surface area (Å²) in [6.45, 7) is 9.05. The van der Waals surface area contributed by atoms with Crippen LogP contribution in [0.1, 0.15) is 75.6 Å². The van der Waals surface area contributed by atoms with Crippen LogP contribution in [0.4, 0.5) is 0 Å². The maximum absolute atomic E-state index is 5.39. The van der Waals surface area contributed by atoms with Gasteiger partial charge in [0.05, 0.1) is 11.0 Å². The van der Waals surface area contributed by atoms with E-state index < -0.39 is 0 Å². The molecule has 0 aliphatic heterocycles. The highest BCUT2D eigenvalue weighted by Gasteiger charge is 2.14. The molecule has 5 rings (SSSR count). The van der Waals surface area contributed by atoms with Gasteiger partial charge in [-0.1, -0.05) is 76.9 Å². The molecular weight excluding hydrogens is 410 g/mol. The molecule has 0 N–H and O–H groups in total. The number of hydrogen-bond donors (Lipinski definition) is 0. The third-order valence-corrected chi connectivity index (χ3v) is 7.53. The zero-order valence-electron chi connectivity index (χ0n) is 21.3. The van der Waals surface area contributed by atoms with Crippen LogP contribution in [0, 0.1) is 0 Å². The second kappa shape index (κ2) is 9.74. The highest BCUT2D eigenvalue weighted by atomic mass is 14.7. The first kappa shape index (κ1) is 22.8. The molecule has 0 aliphatic rings. The minimum atomic E-state index is 1.07. The van der Waals surface area contributed by atoms with Crippen LogP contribution < -0.4 is 0 Å². The second-order valence-electron chi connectivity index (χ2n) is 9.88. The van der Waals surface area contributed by atoms with Crippen molar-refractivity contribution in [1.82, 2.24) is 4.98 Å². The molecule has 174 valence electrons. The Bertz CT molecular complexity index is 1380. The van der Waals surface area contributed by atoms with Crippen molar-refractivity contribution in [2.75, 3.05) is 0 Å². The molecule has 0 bridgehead atoms. The van der Waals surface area contributed by atoms with E-state index in [1.807, 2.05) is 0 Å². The van der Waals surface area contributed by atoms with E-state index in [1.54, 1.807) is 0 Å². The van der Waals surface area contributed by atoms with E-state index >= 15 is 0 Å². The number of fused-ring (bicyclic) bond motifs is 6. The van der Waals surface area contributed by atoms with Gasteiger partial charge in [0.25, 0.3) is 0 Å². The van der Waals surface area contributed by atoms with Gasteiger partial charge < -0.3 is 0 Å². The Morgan fingerprint density at radius 1 is 0.529 bits per heavy atom. The standard InChI is InChI=1S/C33H37N/c1-5-9-11-24-19-26-21-27-20-25(12-10-6-2)31-18-23(8-4)14-16-29(31)33(27)34-32(26)28-15-13-22(7-3)17-30(24)28/h13-21H,5-12H2,1-4H3. The van der Waals surface area contributed by atoms with Crippen molar-refractivity contribution in [2.45, 2.75) is 79.1 Å². The molecule has 0 saturated heterocycles. The minimum absolute atomic E-state index is 1.07. The Balaban J connectivity index is 1.84. The van der Waals surface area contributed by atoms with Gasteiger partial charge in [-0.05, 0) is 89.8 Å². The third kappa shape index (κ3) is 4.06. The Labute approximate surface area is 204 Å². The summed E-state index contributed by atoms with van der Waals surface area (Å²) < 4.78 is 0. The zero-order valence-corrected chi connectivity index (χ0v) is 21.3. The number of benzene rings is 4. The van der Waals surface area contributed by atoms with E-state index in [1.165, 1.54) is 80.3 Å². The van der Waals surface area contributed by atoms with Crippen molar-refractivity contribution in [2.24, 2.45) is 0 Å². The van der Waals surface area contributed by atoms with Crippen LogP contribution in [0.15, 0.2) is 54.6 Å². The Morgan fingerprint density at radius 2 is 1.00 bits per heavy atom. The van der Waals surface area contributed by atoms with Crippen LogP contribution in [-0.2, 0) is 25.7 Å². The molecule has 0 atom stereocenters. The second-order valence-corrected chi connectivity index (χ2v) is 9.88. The van der Waals surface area contributed by atoms with Crippen LogP contribution in [0.3, 0.4) is 0 Å². The van der Waals surface area contributed by atoms with Gasteiger partial charge in [0, 0.05) is 21.5 Å². The van der Waals surface area contributed by atoms with Crippen molar-refractivity contribution < 1.29 is 0 Å². The summed E-state index contributed by atoms with van der Waals surface area (Å²) in [6.07, 6.45) is 9.29. The molecule has 34 heavy (non-hydrogen) atoms. The van der Waals surface area contributed by atoms with Crippen LogP contribution in [0.5, 0.6) is 0 Å². The van der Waals surface area contributed by atoms with Crippen molar-refractivity contribution in [3.63, 3.8) is 0 Å². The fourth-order valence-electron chi connectivity index (χ4n) is 5.44. The molecule has 5 aromatic rings. The molecule has 1 aromatic heterocycles. The molecule has 4 aromatic carbocycles. The molecule has 1 heterocycles. The van der Waals surface area contributed by atoms with Gasteiger partial charge in [-0.25, -0.2) is 4.98 Å². The molecule has 1 heteroatoms. The number of aryl methyl sites for hydroxylation is 4. The summed E-state index contributed by atoms with van der Waals surface area (Å²) >= 11 is 0. The third-order valence-electron chi connectivity index (χ3n) is 7.53. The van der Waals surface area contributed by atoms with Crippen molar-refractivity contribution in [3.05, 3.63) is 76.9 Å². The van der Waals surface area contributed by atoms with E-state index in [4.69, 9.17) is 4.98 Å². The lowest BCUT2D eigenvalue weighted by atomic mass is 9.92. The smallest absolute Gasteiger partial charge is 0.0788 e. The lowest BCUT2D eigenvalue weighted by molar-refractivity contribution is 0.799. The molecule has 1 nitrogen and oxygen atoms in total. The number of aromatic nitrogens is 1. The number of rotatable bonds is 8. The van der Waals surface area contributed by atoms with Crippen LogP contribution in [0.25, 0.3) is 43.4 Å². The van der Waals surface area contributed by atoms with E-state index in [2.05, 4.69) is 82.3 Å². The largest absolute Gasteiger partial charge is 0.246 e. The number of pyridine rings is 1. The summed E-state index contributed by atoms with van der Waals surface area (Å²) in [5, 5.41) is 7.95. The molecule has 0 fully saturated rings. The lowest BCUT2D eigenvalue weighted by Gasteiger charge is -2.15. The van der Waals surface area contributed by atoms with Gasteiger partial charge >= 0.3 is 0 Å². The fraction of sp³-hybridized carbons (Fsp3) is 0.364. The van der Waals surface area contributed by atoms with E-state index in [-0.39, 0.29) is 0 Å². The predicted octanol–water partition coefficient (Wildman–Crippen LogP) is 9.50. The molecule has 0 amide bonds. The topological polar surface area (TPSA) is 12.9 Å². The highest BCUT2D eigenvalue weighted by molar-refractivity contribution is 6.15. The minimum Gasteiger partial charge on any atom is -0.246 e. The van der Waals surface area contributed by atoms with E-state index in [9.17, 15) is 0 Å². The first-order chi connectivity index (χ1) is 16.7. The summed E-state index contributed by atoms with van der Waals surface area (Å²) in [7, 11) is 0. The van der Waals surface area contributed by atoms with Crippen molar-refractivity contribution in [1.29, 1.82) is 0 Å². The molecule has 0 spiro atoms. The Kier molecular flexibility index (Phi) is 6.55. The van der Waals surface area contributed by atoms with Gasteiger partial charge in [0.1, 0.15) is 0 Å². The Hall–Kier alpha value is -2.93. The average molecular weight is 448 g/mol. The molecule has 0 aliphatic carbocycles. The Morgan fingerprint density at radius 3 is 1.41 bits per heavy atom. The van der Waals surface area contributed by atoms with Crippen LogP contribution in [0.2, 0.25) is 0 Å². The van der Waals surface area contributed by atoms with Gasteiger partial charge in [0.15, 0.2) is 0 Å². The summed E-state index contributed by atoms with van der Waals surface area (Å²) in [4.78, 5) is 5.39. The average Bonchev–Trinajstić information content (AvgIpc) is 2.88. The summed E-state index contributed by atoms with van der Waals surface area (Å²) in [5.74, 6) is 0. The maximum Gasteiger partial charge on any atom is 0.0788 e. The SMILES string of the molecule is CCCCc1cc2cc3cc(CCCC)c4cc(CC)ccc4c3nc2c2ccc(CC)cc12. The number of nitrogens with zero attached hydrogens (tertiary/aromatic N) is 1. The van der Waals surface area contributed by atoms with Gasteiger partial charge in [-0.2, -0.15) is 0 Å². The number of unbranched alkanes of at least 4 members (excludes halogenated alkanes) is 2. The summed E-state index contributed by atoms with van der Waals surface area (Å²) in [6, 6.07) is 21.3. The van der Waals surface area contributed by atoms with Gasteiger partial charge in [-0.3, -0.25) is 0 Å². The maximum atomic E-state index is 5.39. The highest BCUT2D eigenvalue weighted by Crippen LogP contribution is 2.35. The van der Waals surface area contributed by atoms with E-state index in [0.717, 1.165) is 36.7 Å².